The van der Waals surface area contributed by atoms with Crippen molar-refractivity contribution in [3.8, 4) is 5.88 Å². The molecule has 0 fully saturated rings. The molecule has 37 heavy (non-hydrogen) atoms. The van der Waals surface area contributed by atoms with Crippen LogP contribution < -0.4 is 15.8 Å². The molecule has 0 saturated carbocycles. The number of pyridine rings is 1. The lowest BCUT2D eigenvalue weighted by Gasteiger charge is -2.25. The smallest absolute Gasteiger partial charge is 0.264 e. The number of amidine groups is 1. The van der Waals surface area contributed by atoms with Gasteiger partial charge < -0.3 is 20.3 Å². The van der Waals surface area contributed by atoms with Crippen LogP contribution in [-0.4, -0.2) is 48.5 Å². The lowest BCUT2D eigenvalue weighted by Crippen LogP contribution is -2.30. The molecule has 0 bridgehead atoms. The first-order chi connectivity index (χ1) is 17.8. The van der Waals surface area contributed by atoms with Crippen molar-refractivity contribution in [2.45, 2.75) is 31.6 Å². The Labute approximate surface area is 214 Å². The number of nitrogens with zero attached hydrogens (tertiary/aromatic N) is 6. The number of fused-ring (bicyclic) bond motifs is 1. The maximum atomic E-state index is 14.6. The highest BCUT2D eigenvalue weighted by Crippen LogP contribution is 2.32. The summed E-state index contributed by atoms with van der Waals surface area (Å²) in [6, 6.07) is 6.00. The van der Waals surface area contributed by atoms with Gasteiger partial charge in [0.1, 0.15) is 18.0 Å². The van der Waals surface area contributed by atoms with Crippen molar-refractivity contribution in [3.05, 3.63) is 59.8 Å². The van der Waals surface area contributed by atoms with Gasteiger partial charge in [0.2, 0.25) is 5.88 Å². The van der Waals surface area contributed by atoms with Gasteiger partial charge in [-0.15, -0.1) is 0 Å². The van der Waals surface area contributed by atoms with E-state index in [1.54, 1.807) is 32.2 Å². The summed E-state index contributed by atoms with van der Waals surface area (Å²) in [6.45, 7) is 1.47. The highest BCUT2D eigenvalue weighted by atomic mass is 32.2. The largest absolute Gasteiger partial charge is 0.466 e. The number of halogens is 3. The normalized spacial score (nSPS) is 13.5. The fourth-order valence-corrected chi connectivity index (χ4v) is 4.31. The maximum Gasteiger partial charge on any atom is 0.264 e. The minimum atomic E-state index is -1.14. The summed E-state index contributed by atoms with van der Waals surface area (Å²) in [5, 5.41) is 6.70. The van der Waals surface area contributed by atoms with Gasteiger partial charge in [-0.25, -0.2) is 33.1 Å². The highest BCUT2D eigenvalue weighted by Gasteiger charge is 2.29. The van der Waals surface area contributed by atoms with Crippen LogP contribution in [0.25, 0.3) is 11.0 Å². The second kappa shape index (κ2) is 11.4. The Hall–Kier alpha value is -3.94. The van der Waals surface area contributed by atoms with E-state index in [0.29, 0.717) is 34.3 Å². The molecule has 3 N–H and O–H groups in total. The second-order valence-corrected chi connectivity index (χ2v) is 9.78. The molecule has 0 saturated heterocycles. The first kappa shape index (κ1) is 26.1. The topological polar surface area (TPSA) is 137 Å². The maximum absolute atomic E-state index is 14.6. The SMILES string of the molecule is Cc1noc(COc2cnc3c(Nc4ccc(F)c(C[C@](C)(CF)SC(N)=NCF)c4)nccc3n2)n1. The molecule has 0 spiro atoms. The van der Waals surface area contributed by atoms with E-state index in [2.05, 4.69) is 35.4 Å². The zero-order chi connectivity index (χ0) is 26.4. The van der Waals surface area contributed by atoms with Gasteiger partial charge in [0.05, 0.1) is 16.5 Å². The third kappa shape index (κ3) is 6.64. The van der Waals surface area contributed by atoms with Gasteiger partial charge in [-0.3, -0.25) is 0 Å². The Morgan fingerprint density at radius 3 is 2.81 bits per heavy atom. The minimum Gasteiger partial charge on any atom is -0.466 e. The number of alkyl halides is 2. The molecule has 0 aliphatic heterocycles. The predicted molar refractivity (Wildman–Crippen MR) is 134 cm³/mol. The third-order valence-electron chi connectivity index (χ3n) is 5.07. The van der Waals surface area contributed by atoms with Crippen molar-refractivity contribution >= 4 is 39.5 Å². The van der Waals surface area contributed by atoms with E-state index in [9.17, 15) is 13.2 Å². The molecule has 0 aliphatic rings. The monoisotopic (exact) mass is 532 g/mol. The average Bonchev–Trinajstić information content (AvgIpc) is 3.30. The first-order valence-electron chi connectivity index (χ1n) is 11.0. The van der Waals surface area contributed by atoms with Crippen LogP contribution in [-0.2, 0) is 13.0 Å². The van der Waals surface area contributed by atoms with Crippen LogP contribution in [0.15, 0.2) is 46.2 Å². The molecule has 3 aromatic heterocycles. The number of aromatic nitrogens is 5. The van der Waals surface area contributed by atoms with Crippen LogP contribution in [0.3, 0.4) is 0 Å². The number of hydrogen-bond acceptors (Lipinski definition) is 10. The van der Waals surface area contributed by atoms with E-state index in [4.69, 9.17) is 15.0 Å². The lowest BCUT2D eigenvalue weighted by molar-refractivity contribution is 0.235. The molecular weight excluding hydrogens is 509 g/mol. The van der Waals surface area contributed by atoms with Crippen molar-refractivity contribution in [3.63, 3.8) is 0 Å². The predicted octanol–water partition coefficient (Wildman–Crippen LogP) is 4.42. The highest BCUT2D eigenvalue weighted by molar-refractivity contribution is 8.15. The van der Waals surface area contributed by atoms with E-state index in [1.807, 2.05) is 0 Å². The zero-order valence-corrected chi connectivity index (χ0v) is 20.7. The number of nitrogens with two attached hydrogens (primary N) is 1. The Morgan fingerprint density at radius 2 is 2.08 bits per heavy atom. The number of hydrogen-bond donors (Lipinski definition) is 2. The molecule has 14 heteroatoms. The summed E-state index contributed by atoms with van der Waals surface area (Å²) in [7, 11) is 0. The van der Waals surface area contributed by atoms with Crippen LogP contribution in [0.5, 0.6) is 5.88 Å². The van der Waals surface area contributed by atoms with Gasteiger partial charge in [-0.1, -0.05) is 16.9 Å². The Balaban J connectivity index is 1.52. The van der Waals surface area contributed by atoms with Crippen LogP contribution in [0, 0.1) is 12.7 Å². The molecule has 4 aromatic rings. The fraction of sp³-hybridized carbons (Fsp3) is 0.304. The summed E-state index contributed by atoms with van der Waals surface area (Å²) < 4.78 is 50.4. The molecule has 1 aromatic carbocycles. The number of rotatable bonds is 10. The van der Waals surface area contributed by atoms with E-state index < -0.39 is 24.0 Å². The number of nitrogens with one attached hydrogen (secondary N) is 1. The molecule has 0 unspecified atom stereocenters. The number of thioether (sulfide) groups is 1. The molecule has 10 nitrogen and oxygen atoms in total. The first-order valence-corrected chi connectivity index (χ1v) is 11.8. The molecule has 1 atom stereocenters. The van der Waals surface area contributed by atoms with E-state index in [1.165, 1.54) is 18.3 Å². The lowest BCUT2D eigenvalue weighted by atomic mass is 10.0. The summed E-state index contributed by atoms with van der Waals surface area (Å²) >= 11 is 0.862. The zero-order valence-electron chi connectivity index (χ0n) is 19.9. The second-order valence-electron chi connectivity index (χ2n) is 8.17. The number of anilines is 2. The van der Waals surface area contributed by atoms with E-state index >= 15 is 0 Å². The Morgan fingerprint density at radius 1 is 1.24 bits per heavy atom. The van der Waals surface area contributed by atoms with Gasteiger partial charge in [-0.05, 0) is 50.1 Å². The van der Waals surface area contributed by atoms with Crippen molar-refractivity contribution in [2.24, 2.45) is 10.7 Å². The van der Waals surface area contributed by atoms with Gasteiger partial charge in [0.25, 0.3) is 5.89 Å². The van der Waals surface area contributed by atoms with E-state index in [0.717, 1.165) is 11.8 Å². The van der Waals surface area contributed by atoms with Crippen LogP contribution in [0.2, 0.25) is 0 Å². The standard InChI is InChI=1S/C23H23F3N8O2S/c1-13-31-19(36-34-13)10-35-18-9-29-20-17(33-18)5-6-28-21(20)32-15-3-4-16(26)14(7-15)8-23(2,11-24)37-22(27)30-12-25/h3-7,9H,8,10-12H2,1-2H3,(H2,27,30)(H,28,32)/t23-/m1/s1. The number of aliphatic imine (C=N–C) groups is 1. The molecule has 4 rings (SSSR count). The van der Waals surface area contributed by atoms with Gasteiger partial charge in [-0.2, -0.15) is 4.98 Å². The summed E-state index contributed by atoms with van der Waals surface area (Å²) in [6.07, 6.45) is 2.96. The van der Waals surface area contributed by atoms with Gasteiger partial charge in [0, 0.05) is 11.9 Å². The molecule has 0 aliphatic carbocycles. The molecule has 0 amide bonds. The third-order valence-corrected chi connectivity index (χ3v) is 6.16. The van der Waals surface area contributed by atoms with Crippen LogP contribution in [0.1, 0.15) is 24.2 Å². The van der Waals surface area contributed by atoms with Crippen molar-refractivity contribution in [1.82, 2.24) is 25.1 Å². The summed E-state index contributed by atoms with van der Waals surface area (Å²) in [4.78, 5) is 20.6. The molecule has 0 radical (unpaired) electrons. The summed E-state index contributed by atoms with van der Waals surface area (Å²) in [5.41, 5.74) is 7.34. The van der Waals surface area contributed by atoms with Crippen LogP contribution in [0.4, 0.5) is 24.7 Å². The number of benzene rings is 1. The van der Waals surface area contributed by atoms with Crippen molar-refractivity contribution in [1.29, 1.82) is 0 Å². The average molecular weight is 533 g/mol. The van der Waals surface area contributed by atoms with E-state index in [-0.39, 0.29) is 29.6 Å². The fourth-order valence-electron chi connectivity index (χ4n) is 3.41. The number of ether oxygens (including phenoxy) is 1. The van der Waals surface area contributed by atoms with Crippen LogP contribution >= 0.6 is 11.8 Å². The summed E-state index contributed by atoms with van der Waals surface area (Å²) in [5.74, 6) is 0.919. The Bertz CT molecular complexity index is 1420. The number of aryl methyl sites for hydroxylation is 1. The van der Waals surface area contributed by atoms with Crippen molar-refractivity contribution in [2.75, 3.05) is 18.8 Å². The Kier molecular flexibility index (Phi) is 8.06. The molecule has 3 heterocycles. The van der Waals surface area contributed by atoms with Gasteiger partial charge in [0.15, 0.2) is 30.2 Å². The van der Waals surface area contributed by atoms with Crippen molar-refractivity contribution < 1.29 is 22.4 Å². The minimum absolute atomic E-state index is 0.0128. The molecular formula is C23H23F3N8O2S. The quantitative estimate of drug-likeness (QED) is 0.171. The van der Waals surface area contributed by atoms with Gasteiger partial charge >= 0.3 is 0 Å². The molecule has 194 valence electrons.